The van der Waals surface area contributed by atoms with Gasteiger partial charge in [0.25, 0.3) is 11.5 Å². The fraction of sp³-hybridized carbons (Fsp3) is 0.333. The van der Waals surface area contributed by atoms with Crippen LogP contribution in [0.4, 0.5) is 0 Å². The van der Waals surface area contributed by atoms with E-state index in [1.807, 2.05) is 38.1 Å². The molecule has 122 valence electrons. The molecule has 0 saturated heterocycles. The lowest BCUT2D eigenvalue weighted by Crippen LogP contribution is -2.29. The van der Waals surface area contributed by atoms with E-state index in [4.69, 9.17) is 4.74 Å². The Bertz CT molecular complexity index is 735. The summed E-state index contributed by atoms with van der Waals surface area (Å²) in [6.07, 6.45) is 0.173. The van der Waals surface area contributed by atoms with Crippen molar-refractivity contribution >= 4 is 5.91 Å². The summed E-state index contributed by atoms with van der Waals surface area (Å²) in [6, 6.07) is 11.1. The second-order valence-electron chi connectivity index (χ2n) is 5.75. The highest BCUT2D eigenvalue weighted by Gasteiger charge is 2.10. The molecule has 2 aromatic rings. The monoisotopic (exact) mass is 314 g/mol. The van der Waals surface area contributed by atoms with Crippen LogP contribution < -0.4 is 10.9 Å². The molecule has 1 amide bonds. The maximum Gasteiger partial charge on any atom is 0.260 e. The van der Waals surface area contributed by atoms with E-state index in [2.05, 4.69) is 10.3 Å². The van der Waals surface area contributed by atoms with Crippen molar-refractivity contribution in [3.63, 3.8) is 0 Å². The molecule has 0 saturated carbocycles. The fourth-order valence-electron chi connectivity index (χ4n) is 2.12. The summed E-state index contributed by atoms with van der Waals surface area (Å²) in [6.45, 7) is 6.65. The molecule has 1 aromatic heterocycles. The minimum absolute atomic E-state index is 0.120. The Balaban J connectivity index is 1.98. The minimum atomic E-state index is -0.380. The Kier molecular flexibility index (Phi) is 5.71. The molecule has 2 N–H and O–H groups in total. The van der Waals surface area contributed by atoms with Gasteiger partial charge in [-0.15, -0.1) is 0 Å². The highest BCUT2D eigenvalue weighted by atomic mass is 16.5. The van der Waals surface area contributed by atoms with Gasteiger partial charge in [-0.25, -0.2) is 0 Å². The number of hydrogen-bond donors (Lipinski definition) is 2. The number of hydrogen-bond acceptors (Lipinski definition) is 3. The van der Waals surface area contributed by atoms with Gasteiger partial charge in [-0.1, -0.05) is 24.3 Å². The van der Waals surface area contributed by atoms with Crippen LogP contribution in [-0.4, -0.2) is 17.0 Å². The zero-order valence-corrected chi connectivity index (χ0v) is 13.7. The summed E-state index contributed by atoms with van der Waals surface area (Å²) in [5.74, 6) is -0.380. The first kappa shape index (κ1) is 17.0. The predicted molar refractivity (Wildman–Crippen MR) is 89.3 cm³/mol. The van der Waals surface area contributed by atoms with E-state index in [1.165, 1.54) is 6.07 Å². The standard InChI is InChI=1S/C18H22N2O3/c1-12(2)23-11-15-6-4-5-14(9-15)10-19-17(21)16-8-7-13(3)20-18(16)22/h4-9,12H,10-11H2,1-3H3,(H,19,21)(H,20,22). The van der Waals surface area contributed by atoms with Gasteiger partial charge in [0.15, 0.2) is 0 Å². The van der Waals surface area contributed by atoms with E-state index in [0.29, 0.717) is 13.2 Å². The van der Waals surface area contributed by atoms with E-state index >= 15 is 0 Å². The molecule has 0 aliphatic rings. The van der Waals surface area contributed by atoms with E-state index < -0.39 is 0 Å². The molecular formula is C18H22N2O3. The van der Waals surface area contributed by atoms with E-state index in [9.17, 15) is 9.59 Å². The molecule has 1 heterocycles. The number of benzene rings is 1. The summed E-state index contributed by atoms with van der Waals surface area (Å²) >= 11 is 0. The lowest BCUT2D eigenvalue weighted by atomic mass is 10.1. The normalized spacial score (nSPS) is 10.8. The average molecular weight is 314 g/mol. The molecule has 0 radical (unpaired) electrons. The molecule has 0 aliphatic carbocycles. The summed E-state index contributed by atoms with van der Waals surface area (Å²) in [5, 5.41) is 2.77. The highest BCUT2D eigenvalue weighted by molar-refractivity contribution is 5.93. The number of ether oxygens (including phenoxy) is 1. The third-order valence-electron chi connectivity index (χ3n) is 3.33. The van der Waals surface area contributed by atoms with Crippen LogP contribution in [0.15, 0.2) is 41.2 Å². The third-order valence-corrected chi connectivity index (χ3v) is 3.33. The first-order valence-electron chi connectivity index (χ1n) is 7.63. The molecule has 5 heteroatoms. The molecule has 0 unspecified atom stereocenters. The zero-order chi connectivity index (χ0) is 16.8. The summed E-state index contributed by atoms with van der Waals surface area (Å²) in [5.41, 5.74) is 2.49. The van der Waals surface area contributed by atoms with Crippen molar-refractivity contribution in [3.8, 4) is 0 Å². The largest absolute Gasteiger partial charge is 0.374 e. The highest BCUT2D eigenvalue weighted by Crippen LogP contribution is 2.08. The lowest BCUT2D eigenvalue weighted by molar-refractivity contribution is 0.0657. The summed E-state index contributed by atoms with van der Waals surface area (Å²) in [4.78, 5) is 26.5. The molecule has 0 atom stereocenters. The molecular weight excluding hydrogens is 292 g/mol. The molecule has 0 fully saturated rings. The molecule has 5 nitrogen and oxygen atoms in total. The number of pyridine rings is 1. The third kappa shape index (κ3) is 5.07. The van der Waals surface area contributed by atoms with Crippen molar-refractivity contribution in [1.29, 1.82) is 0 Å². The van der Waals surface area contributed by atoms with Crippen LogP contribution >= 0.6 is 0 Å². The topological polar surface area (TPSA) is 71.2 Å². The second-order valence-corrected chi connectivity index (χ2v) is 5.75. The van der Waals surface area contributed by atoms with Crippen LogP contribution in [-0.2, 0) is 17.9 Å². The second kappa shape index (κ2) is 7.74. The number of carbonyl (C=O) groups is 1. The molecule has 23 heavy (non-hydrogen) atoms. The van der Waals surface area contributed by atoms with E-state index in [-0.39, 0.29) is 23.1 Å². The molecule has 0 bridgehead atoms. The zero-order valence-electron chi connectivity index (χ0n) is 13.7. The average Bonchev–Trinajstić information content (AvgIpc) is 2.51. The lowest BCUT2D eigenvalue weighted by Gasteiger charge is -2.10. The number of nitrogens with one attached hydrogen (secondary N) is 2. The van der Waals surface area contributed by atoms with Gasteiger partial charge in [-0.05, 0) is 44.0 Å². The number of amides is 1. The van der Waals surface area contributed by atoms with Crippen molar-refractivity contribution in [3.05, 3.63) is 69.1 Å². The van der Waals surface area contributed by atoms with E-state index in [0.717, 1.165) is 16.8 Å². The van der Waals surface area contributed by atoms with Gasteiger partial charge in [0.2, 0.25) is 0 Å². The Labute approximate surface area is 135 Å². The first-order chi connectivity index (χ1) is 11.0. The Morgan fingerprint density at radius 1 is 1.22 bits per heavy atom. The van der Waals surface area contributed by atoms with Gasteiger partial charge >= 0.3 is 0 Å². The molecule has 2 rings (SSSR count). The van der Waals surface area contributed by atoms with Crippen molar-refractivity contribution in [2.24, 2.45) is 0 Å². The number of aromatic nitrogens is 1. The van der Waals surface area contributed by atoms with Crippen LogP contribution in [0.25, 0.3) is 0 Å². The summed E-state index contributed by atoms with van der Waals surface area (Å²) in [7, 11) is 0. The maximum atomic E-state index is 12.1. The number of aromatic amines is 1. The van der Waals surface area contributed by atoms with Crippen LogP contribution in [0.1, 0.15) is 41.0 Å². The van der Waals surface area contributed by atoms with Gasteiger partial charge in [-0.2, -0.15) is 0 Å². The van der Waals surface area contributed by atoms with Gasteiger partial charge in [0, 0.05) is 12.2 Å². The Morgan fingerprint density at radius 3 is 2.65 bits per heavy atom. The first-order valence-corrected chi connectivity index (χ1v) is 7.63. The van der Waals surface area contributed by atoms with Gasteiger partial charge in [-0.3, -0.25) is 9.59 Å². The molecule has 0 spiro atoms. The molecule has 0 aliphatic heterocycles. The Morgan fingerprint density at radius 2 is 1.96 bits per heavy atom. The predicted octanol–water partition coefficient (Wildman–Crippen LogP) is 2.54. The van der Waals surface area contributed by atoms with Gasteiger partial charge in [0.05, 0.1) is 12.7 Å². The quantitative estimate of drug-likeness (QED) is 0.860. The van der Waals surface area contributed by atoms with Crippen LogP contribution in [0.5, 0.6) is 0 Å². The van der Waals surface area contributed by atoms with Gasteiger partial charge < -0.3 is 15.0 Å². The van der Waals surface area contributed by atoms with Crippen molar-refractivity contribution in [1.82, 2.24) is 10.3 Å². The van der Waals surface area contributed by atoms with E-state index in [1.54, 1.807) is 13.0 Å². The Hall–Kier alpha value is -2.40. The van der Waals surface area contributed by atoms with Crippen molar-refractivity contribution in [2.45, 2.75) is 40.0 Å². The van der Waals surface area contributed by atoms with Crippen molar-refractivity contribution < 1.29 is 9.53 Å². The number of carbonyl (C=O) groups excluding carboxylic acids is 1. The number of aryl methyl sites for hydroxylation is 1. The van der Waals surface area contributed by atoms with Gasteiger partial charge in [0.1, 0.15) is 5.56 Å². The smallest absolute Gasteiger partial charge is 0.260 e. The number of rotatable bonds is 6. The minimum Gasteiger partial charge on any atom is -0.374 e. The van der Waals surface area contributed by atoms with Crippen LogP contribution in [0.2, 0.25) is 0 Å². The van der Waals surface area contributed by atoms with Crippen LogP contribution in [0.3, 0.4) is 0 Å². The maximum absolute atomic E-state index is 12.1. The SMILES string of the molecule is Cc1ccc(C(=O)NCc2cccc(COC(C)C)c2)c(=O)[nH]1. The van der Waals surface area contributed by atoms with Crippen molar-refractivity contribution in [2.75, 3.05) is 0 Å². The summed E-state index contributed by atoms with van der Waals surface area (Å²) < 4.78 is 5.57. The molecule has 1 aromatic carbocycles. The van der Waals surface area contributed by atoms with Crippen LogP contribution in [0, 0.1) is 6.92 Å². The number of H-pyrrole nitrogens is 1. The fourth-order valence-corrected chi connectivity index (χ4v) is 2.12.